The van der Waals surface area contributed by atoms with Gasteiger partial charge in [0.25, 0.3) is 0 Å². The van der Waals surface area contributed by atoms with Crippen molar-refractivity contribution in [3.05, 3.63) is 9.47 Å². The smallest absolute Gasteiger partial charge is 0.193 e. The van der Waals surface area contributed by atoms with Gasteiger partial charge in [-0.1, -0.05) is 15.9 Å². The molecule has 0 bridgehead atoms. The van der Waals surface area contributed by atoms with Crippen molar-refractivity contribution in [2.75, 3.05) is 0 Å². The zero-order chi connectivity index (χ0) is 11.8. The molecular formula is C5HBr2F7. The van der Waals surface area contributed by atoms with Gasteiger partial charge in [-0.25, -0.2) is 0 Å². The molecule has 0 amide bonds. The lowest BCUT2D eigenvalue weighted by atomic mass is 10.1. The highest BCUT2D eigenvalue weighted by atomic mass is 79.9. The largest absolute Gasteiger partial charge is 0.460 e. The van der Waals surface area contributed by atoms with Crippen molar-refractivity contribution in [3.63, 3.8) is 0 Å². The number of hydrogen-bond donors (Lipinski definition) is 0. The summed E-state index contributed by atoms with van der Waals surface area (Å²) >= 11 is 4.13. The Morgan fingerprint density at radius 1 is 0.929 bits per heavy atom. The van der Waals surface area contributed by atoms with Crippen LogP contribution < -0.4 is 0 Å². The molecule has 9 heteroatoms. The van der Waals surface area contributed by atoms with Crippen molar-refractivity contribution >= 4 is 31.9 Å². The Morgan fingerprint density at radius 3 is 1.50 bits per heavy atom. The molecule has 84 valence electrons. The highest BCUT2D eigenvalue weighted by Gasteiger charge is 2.73. The van der Waals surface area contributed by atoms with Gasteiger partial charge in [-0.3, -0.25) is 0 Å². The number of hydrogen-bond acceptors (Lipinski definition) is 0. The maximum atomic E-state index is 12.5. The zero-order valence-corrected chi connectivity index (χ0v) is 9.15. The van der Waals surface area contributed by atoms with Crippen molar-refractivity contribution in [1.29, 1.82) is 0 Å². The quantitative estimate of drug-likeness (QED) is 0.643. The molecule has 0 saturated carbocycles. The van der Waals surface area contributed by atoms with Crippen LogP contribution in [0.15, 0.2) is 9.47 Å². The Kier molecular flexibility index (Phi) is 4.05. The van der Waals surface area contributed by atoms with E-state index in [1.807, 2.05) is 15.9 Å². The standard InChI is InChI=1S/C5HBr2F7/c6-1-2(7)3(8,9)4(10,11)5(12,13)14/h1H/b2-1+. The number of allylic oxidation sites excluding steroid dienone is 1. The average molecular weight is 354 g/mol. The van der Waals surface area contributed by atoms with Crippen molar-refractivity contribution in [2.24, 2.45) is 0 Å². The van der Waals surface area contributed by atoms with Gasteiger partial charge in [0, 0.05) is 0 Å². The Balaban J connectivity index is 5.29. The fourth-order valence-electron chi connectivity index (χ4n) is 0.397. The molecule has 0 aromatic heterocycles. The lowest BCUT2D eigenvalue weighted by molar-refractivity contribution is -0.342. The summed E-state index contributed by atoms with van der Waals surface area (Å²) in [6.07, 6.45) is -6.31. The minimum atomic E-state index is -6.31. The van der Waals surface area contributed by atoms with Crippen LogP contribution in [0, 0.1) is 0 Å². The molecule has 14 heavy (non-hydrogen) atoms. The van der Waals surface area contributed by atoms with E-state index in [0.717, 1.165) is 0 Å². The first-order chi connectivity index (χ1) is 5.98. The Hall–Kier alpha value is 0.210. The van der Waals surface area contributed by atoms with Gasteiger partial charge in [-0.05, 0) is 20.9 Å². The summed E-state index contributed by atoms with van der Waals surface area (Å²) in [5.41, 5.74) is 0. The summed E-state index contributed by atoms with van der Waals surface area (Å²) in [5.74, 6) is -11.5. The first kappa shape index (κ1) is 14.2. The van der Waals surface area contributed by atoms with E-state index in [-0.39, 0.29) is 4.99 Å². The molecule has 0 aliphatic heterocycles. The topological polar surface area (TPSA) is 0 Å². The molecule has 0 aromatic carbocycles. The minimum absolute atomic E-state index is 0.243. The van der Waals surface area contributed by atoms with E-state index >= 15 is 0 Å². The maximum absolute atomic E-state index is 12.5. The molecular weight excluding hydrogens is 353 g/mol. The fourth-order valence-corrected chi connectivity index (χ4v) is 0.933. The predicted molar refractivity (Wildman–Crippen MR) is 41.9 cm³/mol. The second-order valence-electron chi connectivity index (χ2n) is 2.10. The third kappa shape index (κ3) is 2.23. The van der Waals surface area contributed by atoms with Crippen molar-refractivity contribution < 1.29 is 30.7 Å². The molecule has 0 spiro atoms. The molecule has 0 N–H and O–H groups in total. The first-order valence-electron chi connectivity index (χ1n) is 2.77. The van der Waals surface area contributed by atoms with Gasteiger partial charge in [0.2, 0.25) is 0 Å². The van der Waals surface area contributed by atoms with Gasteiger partial charge >= 0.3 is 18.0 Å². The predicted octanol–water partition coefficient (Wildman–Crippen LogP) is 4.45. The lowest BCUT2D eigenvalue weighted by Crippen LogP contribution is -2.52. The molecule has 0 rings (SSSR count). The normalized spacial score (nSPS) is 15.9. The van der Waals surface area contributed by atoms with E-state index in [1.165, 1.54) is 0 Å². The van der Waals surface area contributed by atoms with Gasteiger partial charge in [-0.15, -0.1) is 0 Å². The van der Waals surface area contributed by atoms with Crippen LogP contribution in [-0.4, -0.2) is 18.0 Å². The average Bonchev–Trinajstić information content (AvgIpc) is 2.00. The SMILES string of the molecule is FC(F)(F)C(F)(F)C(F)(F)/C(Br)=C\Br. The summed E-state index contributed by atoms with van der Waals surface area (Å²) in [7, 11) is 0. The molecule has 0 radical (unpaired) electrons. The zero-order valence-electron chi connectivity index (χ0n) is 5.98. The molecule has 0 aromatic rings. The van der Waals surface area contributed by atoms with Crippen LogP contribution in [-0.2, 0) is 0 Å². The molecule has 0 unspecified atom stereocenters. The minimum Gasteiger partial charge on any atom is -0.193 e. The number of halogens is 9. The molecule has 0 aliphatic rings. The molecule has 0 aliphatic carbocycles. The van der Waals surface area contributed by atoms with Gasteiger partial charge in [0.05, 0.1) is 4.48 Å². The summed E-state index contributed by atoms with van der Waals surface area (Å²) in [6.45, 7) is 0. The summed E-state index contributed by atoms with van der Waals surface area (Å²) in [5, 5.41) is 0. The van der Waals surface area contributed by atoms with E-state index in [0.29, 0.717) is 0 Å². The van der Waals surface area contributed by atoms with E-state index in [9.17, 15) is 30.7 Å². The summed E-state index contributed by atoms with van der Waals surface area (Å²) in [6, 6.07) is 0. The van der Waals surface area contributed by atoms with Crippen LogP contribution in [0.1, 0.15) is 0 Å². The summed E-state index contributed by atoms with van der Waals surface area (Å²) < 4.78 is 82.3. The van der Waals surface area contributed by atoms with E-state index < -0.39 is 22.5 Å². The van der Waals surface area contributed by atoms with E-state index in [2.05, 4.69) is 15.9 Å². The summed E-state index contributed by atoms with van der Waals surface area (Å²) in [4.78, 5) is 0.243. The highest BCUT2D eigenvalue weighted by molar-refractivity contribution is 9.14. The first-order valence-corrected chi connectivity index (χ1v) is 4.48. The van der Waals surface area contributed by atoms with E-state index in [1.54, 1.807) is 0 Å². The Bertz CT molecular complexity index is 241. The lowest BCUT2D eigenvalue weighted by Gasteiger charge is -2.27. The molecule has 0 nitrogen and oxygen atoms in total. The van der Waals surface area contributed by atoms with Crippen LogP contribution >= 0.6 is 31.9 Å². The van der Waals surface area contributed by atoms with Gasteiger partial charge in [0.1, 0.15) is 0 Å². The fraction of sp³-hybridized carbons (Fsp3) is 0.600. The molecule has 0 atom stereocenters. The number of alkyl halides is 7. The van der Waals surface area contributed by atoms with Crippen LogP contribution in [0.4, 0.5) is 30.7 Å². The molecule has 0 fully saturated rings. The van der Waals surface area contributed by atoms with E-state index in [4.69, 9.17) is 0 Å². The van der Waals surface area contributed by atoms with Crippen molar-refractivity contribution in [3.8, 4) is 0 Å². The number of rotatable bonds is 2. The third-order valence-electron chi connectivity index (χ3n) is 1.15. The molecule has 0 saturated heterocycles. The van der Waals surface area contributed by atoms with Crippen LogP contribution in [0.2, 0.25) is 0 Å². The Morgan fingerprint density at radius 2 is 1.29 bits per heavy atom. The van der Waals surface area contributed by atoms with Crippen molar-refractivity contribution in [2.45, 2.75) is 18.0 Å². The second-order valence-corrected chi connectivity index (χ2v) is 3.42. The molecule has 0 heterocycles. The highest BCUT2D eigenvalue weighted by Crippen LogP contribution is 2.51. The second kappa shape index (κ2) is 3.99. The third-order valence-corrected chi connectivity index (χ3v) is 2.95. The van der Waals surface area contributed by atoms with Gasteiger partial charge in [0.15, 0.2) is 0 Å². The Labute approximate surface area is 90.4 Å². The van der Waals surface area contributed by atoms with Crippen LogP contribution in [0.5, 0.6) is 0 Å². The van der Waals surface area contributed by atoms with Gasteiger partial charge < -0.3 is 0 Å². The van der Waals surface area contributed by atoms with Crippen LogP contribution in [0.25, 0.3) is 0 Å². The van der Waals surface area contributed by atoms with Gasteiger partial charge in [-0.2, -0.15) is 30.7 Å². The maximum Gasteiger partial charge on any atom is 0.460 e. The van der Waals surface area contributed by atoms with Crippen molar-refractivity contribution in [1.82, 2.24) is 0 Å². The monoisotopic (exact) mass is 352 g/mol. The van der Waals surface area contributed by atoms with Crippen LogP contribution in [0.3, 0.4) is 0 Å².